The molecule has 116 valence electrons. The standard InChI is InChI=1S/C17H18FNO2S/c18-22(20,21)17-13-19(11-14-7-3-1-4-8-14)12-16(17)15-9-5-2-6-10-15/h1-10,16-17H,11-13H2/t16-,17-/m1/s1. The van der Waals surface area contributed by atoms with E-state index in [1.807, 2.05) is 65.6 Å². The summed E-state index contributed by atoms with van der Waals surface area (Å²) in [6.07, 6.45) is 0. The molecule has 0 aromatic heterocycles. The Morgan fingerprint density at radius 1 is 0.955 bits per heavy atom. The van der Waals surface area contributed by atoms with E-state index in [1.165, 1.54) is 0 Å². The lowest BCUT2D eigenvalue weighted by Gasteiger charge is -2.16. The minimum atomic E-state index is -4.57. The first-order valence-corrected chi connectivity index (χ1v) is 8.73. The summed E-state index contributed by atoms with van der Waals surface area (Å²) in [6.45, 7) is 1.41. The van der Waals surface area contributed by atoms with Crippen LogP contribution in [0, 0.1) is 0 Å². The fourth-order valence-electron chi connectivity index (χ4n) is 3.13. The van der Waals surface area contributed by atoms with E-state index in [-0.39, 0.29) is 12.5 Å². The molecule has 1 fully saturated rings. The van der Waals surface area contributed by atoms with Gasteiger partial charge in [-0.3, -0.25) is 4.90 Å². The maximum absolute atomic E-state index is 13.7. The van der Waals surface area contributed by atoms with Crippen molar-refractivity contribution in [1.82, 2.24) is 4.90 Å². The maximum atomic E-state index is 13.7. The second kappa shape index (κ2) is 6.18. The molecule has 1 saturated heterocycles. The SMILES string of the molecule is O=S(=O)(F)[C@@H]1CN(Cc2ccccc2)C[C@@H]1c1ccccc1. The second-order valence-corrected chi connectivity index (χ2v) is 7.27. The zero-order valence-corrected chi connectivity index (χ0v) is 12.9. The zero-order valence-electron chi connectivity index (χ0n) is 12.1. The summed E-state index contributed by atoms with van der Waals surface area (Å²) < 4.78 is 36.7. The van der Waals surface area contributed by atoms with Crippen LogP contribution >= 0.6 is 0 Å². The Kier molecular flexibility index (Phi) is 4.27. The van der Waals surface area contributed by atoms with Crippen molar-refractivity contribution in [1.29, 1.82) is 0 Å². The van der Waals surface area contributed by atoms with Crippen molar-refractivity contribution in [3.63, 3.8) is 0 Å². The molecule has 0 unspecified atom stereocenters. The van der Waals surface area contributed by atoms with Gasteiger partial charge < -0.3 is 0 Å². The van der Waals surface area contributed by atoms with Gasteiger partial charge in [0.1, 0.15) is 5.25 Å². The van der Waals surface area contributed by atoms with Gasteiger partial charge in [0.05, 0.1) is 0 Å². The van der Waals surface area contributed by atoms with Crippen LogP contribution in [0.25, 0.3) is 0 Å². The fourth-order valence-corrected chi connectivity index (χ4v) is 4.15. The highest BCUT2D eigenvalue weighted by Gasteiger charge is 2.42. The summed E-state index contributed by atoms with van der Waals surface area (Å²) in [5, 5.41) is -0.987. The van der Waals surface area contributed by atoms with Gasteiger partial charge in [0.2, 0.25) is 0 Å². The molecule has 22 heavy (non-hydrogen) atoms. The van der Waals surface area contributed by atoms with Gasteiger partial charge in [-0.05, 0) is 11.1 Å². The molecule has 0 amide bonds. The first-order chi connectivity index (χ1) is 10.5. The molecule has 2 aromatic rings. The van der Waals surface area contributed by atoms with Crippen LogP contribution in [0.1, 0.15) is 17.0 Å². The van der Waals surface area contributed by atoms with E-state index in [4.69, 9.17) is 0 Å². The lowest BCUT2D eigenvalue weighted by molar-refractivity contribution is 0.326. The predicted molar refractivity (Wildman–Crippen MR) is 84.7 cm³/mol. The number of likely N-dealkylation sites (tertiary alicyclic amines) is 1. The van der Waals surface area contributed by atoms with Crippen molar-refractivity contribution < 1.29 is 12.3 Å². The number of hydrogen-bond donors (Lipinski definition) is 0. The Morgan fingerprint density at radius 3 is 2.14 bits per heavy atom. The fraction of sp³-hybridized carbons (Fsp3) is 0.294. The molecule has 1 heterocycles. The first-order valence-electron chi connectivity index (χ1n) is 7.29. The summed E-state index contributed by atoms with van der Waals surface area (Å²) in [5.74, 6) is -0.320. The normalized spacial score (nSPS) is 22.8. The largest absolute Gasteiger partial charge is 0.307 e. The number of rotatable bonds is 4. The molecule has 2 aromatic carbocycles. The molecular weight excluding hydrogens is 301 g/mol. The molecule has 1 aliphatic rings. The lowest BCUT2D eigenvalue weighted by Crippen LogP contribution is -2.26. The minimum absolute atomic E-state index is 0.229. The average Bonchev–Trinajstić information content (AvgIpc) is 2.93. The molecule has 0 radical (unpaired) electrons. The van der Waals surface area contributed by atoms with Crippen LogP contribution in [0.4, 0.5) is 3.89 Å². The zero-order chi connectivity index (χ0) is 15.6. The van der Waals surface area contributed by atoms with Crippen molar-refractivity contribution in [3.05, 3.63) is 71.8 Å². The van der Waals surface area contributed by atoms with Gasteiger partial charge in [-0.2, -0.15) is 8.42 Å². The van der Waals surface area contributed by atoms with Gasteiger partial charge >= 0.3 is 10.2 Å². The van der Waals surface area contributed by atoms with Crippen molar-refractivity contribution in [2.45, 2.75) is 17.7 Å². The first kappa shape index (κ1) is 15.2. The smallest absolute Gasteiger partial charge is 0.297 e. The van der Waals surface area contributed by atoms with E-state index in [9.17, 15) is 12.3 Å². The lowest BCUT2D eigenvalue weighted by atomic mass is 9.98. The van der Waals surface area contributed by atoms with E-state index < -0.39 is 15.5 Å². The molecule has 0 bridgehead atoms. The molecule has 5 heteroatoms. The van der Waals surface area contributed by atoms with E-state index >= 15 is 0 Å². The summed E-state index contributed by atoms with van der Waals surface area (Å²) in [7, 11) is -4.57. The van der Waals surface area contributed by atoms with Crippen LogP contribution in [0.5, 0.6) is 0 Å². The molecule has 0 aliphatic carbocycles. The number of nitrogens with zero attached hydrogens (tertiary/aromatic N) is 1. The van der Waals surface area contributed by atoms with Gasteiger partial charge in [-0.1, -0.05) is 60.7 Å². The van der Waals surface area contributed by atoms with Gasteiger partial charge in [-0.25, -0.2) is 0 Å². The van der Waals surface area contributed by atoms with Crippen LogP contribution in [0.15, 0.2) is 60.7 Å². The molecule has 2 atom stereocenters. The Bertz CT molecular complexity index is 719. The van der Waals surface area contributed by atoms with Crippen LogP contribution in [-0.4, -0.2) is 31.7 Å². The Morgan fingerprint density at radius 2 is 1.55 bits per heavy atom. The third kappa shape index (κ3) is 3.36. The summed E-state index contributed by atoms with van der Waals surface area (Å²) in [6, 6.07) is 19.2. The molecule has 1 aliphatic heterocycles. The van der Waals surface area contributed by atoms with Crippen LogP contribution in [0.2, 0.25) is 0 Å². The minimum Gasteiger partial charge on any atom is -0.297 e. The van der Waals surface area contributed by atoms with Crippen LogP contribution < -0.4 is 0 Å². The summed E-state index contributed by atoms with van der Waals surface area (Å²) in [4.78, 5) is 2.01. The molecule has 0 spiro atoms. The Balaban J connectivity index is 1.83. The van der Waals surface area contributed by atoms with Crippen molar-refractivity contribution >= 4 is 10.2 Å². The van der Waals surface area contributed by atoms with E-state index in [2.05, 4.69) is 0 Å². The van der Waals surface area contributed by atoms with Crippen molar-refractivity contribution in [2.24, 2.45) is 0 Å². The van der Waals surface area contributed by atoms with Crippen LogP contribution in [0.3, 0.4) is 0 Å². The summed E-state index contributed by atoms with van der Waals surface area (Å²) in [5.41, 5.74) is 1.98. The monoisotopic (exact) mass is 319 g/mol. The molecular formula is C17H18FNO2S. The average molecular weight is 319 g/mol. The third-order valence-corrected chi connectivity index (χ3v) is 5.38. The van der Waals surface area contributed by atoms with Gasteiger partial charge in [0.25, 0.3) is 0 Å². The molecule has 0 saturated carbocycles. The van der Waals surface area contributed by atoms with E-state index in [0.717, 1.165) is 11.1 Å². The van der Waals surface area contributed by atoms with Gasteiger partial charge in [0.15, 0.2) is 0 Å². The van der Waals surface area contributed by atoms with Crippen molar-refractivity contribution in [2.75, 3.05) is 13.1 Å². The van der Waals surface area contributed by atoms with Gasteiger partial charge in [-0.15, -0.1) is 3.89 Å². The highest BCUT2D eigenvalue weighted by molar-refractivity contribution is 7.87. The molecule has 3 rings (SSSR count). The molecule has 0 N–H and O–H groups in total. The Labute approximate surface area is 130 Å². The number of benzene rings is 2. The topological polar surface area (TPSA) is 37.4 Å². The van der Waals surface area contributed by atoms with E-state index in [1.54, 1.807) is 0 Å². The van der Waals surface area contributed by atoms with Crippen molar-refractivity contribution in [3.8, 4) is 0 Å². The Hall–Kier alpha value is -1.72. The van der Waals surface area contributed by atoms with Crippen LogP contribution in [-0.2, 0) is 16.8 Å². The number of hydrogen-bond acceptors (Lipinski definition) is 3. The highest BCUT2D eigenvalue weighted by atomic mass is 32.3. The van der Waals surface area contributed by atoms with E-state index in [0.29, 0.717) is 13.1 Å². The highest BCUT2D eigenvalue weighted by Crippen LogP contribution is 2.33. The maximum Gasteiger partial charge on any atom is 0.307 e. The predicted octanol–water partition coefficient (Wildman–Crippen LogP) is 2.95. The third-order valence-electron chi connectivity index (χ3n) is 4.18. The molecule has 3 nitrogen and oxygen atoms in total. The summed E-state index contributed by atoms with van der Waals surface area (Å²) >= 11 is 0. The second-order valence-electron chi connectivity index (χ2n) is 5.71. The van der Waals surface area contributed by atoms with Gasteiger partial charge in [0, 0.05) is 25.6 Å². The number of halogens is 1. The quantitative estimate of drug-likeness (QED) is 0.813.